The molecule has 1 rings (SSSR count). The van der Waals surface area contributed by atoms with Crippen molar-refractivity contribution in [1.82, 2.24) is 0 Å². The van der Waals surface area contributed by atoms with Gasteiger partial charge in [-0.15, -0.1) is 0 Å². The highest BCUT2D eigenvalue weighted by Gasteiger charge is 2.32. The van der Waals surface area contributed by atoms with Gasteiger partial charge in [-0.2, -0.15) is 5.26 Å². The van der Waals surface area contributed by atoms with Crippen LogP contribution in [0.4, 0.5) is 0 Å². The zero-order valence-corrected chi connectivity index (χ0v) is 5.13. The van der Waals surface area contributed by atoms with E-state index in [2.05, 4.69) is 0 Å². The lowest BCUT2D eigenvalue weighted by molar-refractivity contribution is -0.119. The Bertz CT molecular complexity index is 170. The number of carbonyl (C=O) groups excluding carboxylic acids is 1. The van der Waals surface area contributed by atoms with Gasteiger partial charge in [-0.3, -0.25) is 4.79 Å². The minimum atomic E-state index is -0.523. The van der Waals surface area contributed by atoms with E-state index in [0.717, 1.165) is 0 Å². The zero-order valence-electron chi connectivity index (χ0n) is 5.13. The normalized spacial score (nSPS) is 34.4. The number of ketones is 1. The van der Waals surface area contributed by atoms with Gasteiger partial charge < -0.3 is 4.74 Å². The Labute approximate surface area is 53.2 Å². The van der Waals surface area contributed by atoms with Gasteiger partial charge in [0, 0.05) is 0 Å². The fraction of sp³-hybridized carbons (Fsp3) is 0.667. The van der Waals surface area contributed by atoms with Crippen LogP contribution >= 0.6 is 0 Å². The first-order valence-electron chi connectivity index (χ1n) is 2.79. The molecule has 0 radical (unpaired) electrons. The van der Waals surface area contributed by atoms with E-state index in [4.69, 9.17) is 10.00 Å². The van der Waals surface area contributed by atoms with E-state index in [1.807, 2.05) is 6.07 Å². The SMILES string of the molecule is CC1OCC(=O)C1C#N. The molecular formula is C6H7NO2. The van der Waals surface area contributed by atoms with Gasteiger partial charge in [0.25, 0.3) is 0 Å². The van der Waals surface area contributed by atoms with Crippen LogP contribution < -0.4 is 0 Å². The second-order valence-corrected chi connectivity index (χ2v) is 2.09. The molecule has 0 aromatic heterocycles. The molecule has 2 unspecified atom stereocenters. The second-order valence-electron chi connectivity index (χ2n) is 2.09. The number of hydrogen-bond donors (Lipinski definition) is 0. The lowest BCUT2D eigenvalue weighted by atomic mass is 10.0. The Hall–Kier alpha value is -0.880. The molecule has 1 aliphatic heterocycles. The summed E-state index contributed by atoms with van der Waals surface area (Å²) in [6.45, 7) is 1.85. The van der Waals surface area contributed by atoms with E-state index in [0.29, 0.717) is 0 Å². The molecular weight excluding hydrogens is 118 g/mol. The summed E-state index contributed by atoms with van der Waals surface area (Å²) >= 11 is 0. The summed E-state index contributed by atoms with van der Waals surface area (Å²) in [5.74, 6) is -0.616. The predicted molar refractivity (Wildman–Crippen MR) is 29.5 cm³/mol. The molecule has 1 aliphatic rings. The molecule has 9 heavy (non-hydrogen) atoms. The molecule has 0 aliphatic carbocycles. The first-order valence-corrected chi connectivity index (χ1v) is 2.79. The van der Waals surface area contributed by atoms with Gasteiger partial charge in [-0.25, -0.2) is 0 Å². The summed E-state index contributed by atoms with van der Waals surface area (Å²) in [4.78, 5) is 10.7. The van der Waals surface area contributed by atoms with Gasteiger partial charge in [0.2, 0.25) is 0 Å². The Morgan fingerprint density at radius 2 is 2.56 bits per heavy atom. The van der Waals surface area contributed by atoms with Crippen LogP contribution in [0.25, 0.3) is 0 Å². The topological polar surface area (TPSA) is 50.1 Å². The van der Waals surface area contributed by atoms with Crippen LogP contribution in [0.15, 0.2) is 0 Å². The summed E-state index contributed by atoms with van der Waals surface area (Å²) in [5, 5.41) is 8.36. The maximum Gasteiger partial charge on any atom is 0.178 e. The summed E-state index contributed by atoms with van der Waals surface area (Å²) in [6.07, 6.45) is -0.206. The zero-order chi connectivity index (χ0) is 6.85. The molecule has 0 bridgehead atoms. The Morgan fingerprint density at radius 1 is 1.89 bits per heavy atom. The van der Waals surface area contributed by atoms with Crippen LogP contribution in [0, 0.1) is 17.2 Å². The van der Waals surface area contributed by atoms with E-state index in [1.54, 1.807) is 6.92 Å². The fourth-order valence-electron chi connectivity index (χ4n) is 0.838. The van der Waals surface area contributed by atoms with Crippen molar-refractivity contribution in [2.45, 2.75) is 13.0 Å². The Kier molecular flexibility index (Phi) is 1.50. The number of nitrogens with zero attached hydrogens (tertiary/aromatic N) is 1. The van der Waals surface area contributed by atoms with Crippen molar-refractivity contribution in [3.05, 3.63) is 0 Å². The third-order valence-electron chi connectivity index (χ3n) is 1.44. The molecule has 0 aromatic carbocycles. The molecule has 1 fully saturated rings. The van der Waals surface area contributed by atoms with Crippen molar-refractivity contribution in [2.24, 2.45) is 5.92 Å². The minimum absolute atomic E-state index is 0.0926. The number of nitriles is 1. The molecule has 1 saturated heterocycles. The van der Waals surface area contributed by atoms with Gasteiger partial charge >= 0.3 is 0 Å². The number of hydrogen-bond acceptors (Lipinski definition) is 3. The second kappa shape index (κ2) is 2.16. The third kappa shape index (κ3) is 0.936. The molecule has 3 heteroatoms. The quantitative estimate of drug-likeness (QED) is 0.461. The van der Waals surface area contributed by atoms with Crippen molar-refractivity contribution < 1.29 is 9.53 Å². The van der Waals surface area contributed by atoms with Crippen LogP contribution in [0.2, 0.25) is 0 Å². The van der Waals surface area contributed by atoms with E-state index < -0.39 is 5.92 Å². The van der Waals surface area contributed by atoms with Crippen LogP contribution in [-0.4, -0.2) is 18.5 Å². The molecule has 0 N–H and O–H groups in total. The predicted octanol–water partition coefficient (Wildman–Crippen LogP) is 0.114. The highest BCUT2D eigenvalue weighted by Crippen LogP contribution is 2.15. The minimum Gasteiger partial charge on any atom is -0.369 e. The lowest BCUT2D eigenvalue weighted by Crippen LogP contribution is -2.14. The molecule has 0 amide bonds. The summed E-state index contributed by atoms with van der Waals surface area (Å²) in [5.41, 5.74) is 0. The highest BCUT2D eigenvalue weighted by molar-refractivity contribution is 5.86. The van der Waals surface area contributed by atoms with Gasteiger partial charge in [-0.05, 0) is 6.92 Å². The Balaban J connectivity index is 2.69. The van der Waals surface area contributed by atoms with Crippen LogP contribution in [0.5, 0.6) is 0 Å². The van der Waals surface area contributed by atoms with E-state index in [9.17, 15) is 4.79 Å². The van der Waals surface area contributed by atoms with Gasteiger partial charge in [-0.1, -0.05) is 0 Å². The molecule has 0 aromatic rings. The molecule has 48 valence electrons. The van der Waals surface area contributed by atoms with E-state index in [1.165, 1.54) is 0 Å². The molecule has 1 heterocycles. The highest BCUT2D eigenvalue weighted by atomic mass is 16.5. The average molecular weight is 125 g/mol. The maximum atomic E-state index is 10.7. The van der Waals surface area contributed by atoms with Gasteiger partial charge in [0.05, 0.1) is 12.2 Å². The number of rotatable bonds is 0. The maximum absolute atomic E-state index is 10.7. The van der Waals surface area contributed by atoms with Crippen LogP contribution in [-0.2, 0) is 9.53 Å². The first kappa shape index (κ1) is 6.24. The van der Waals surface area contributed by atoms with Crippen LogP contribution in [0.3, 0.4) is 0 Å². The molecule has 0 saturated carbocycles. The summed E-state index contributed by atoms with van der Waals surface area (Å²) < 4.78 is 4.90. The largest absolute Gasteiger partial charge is 0.369 e. The van der Waals surface area contributed by atoms with Crippen LogP contribution in [0.1, 0.15) is 6.92 Å². The Morgan fingerprint density at radius 3 is 2.78 bits per heavy atom. The van der Waals surface area contributed by atoms with Crippen molar-refractivity contribution >= 4 is 5.78 Å². The van der Waals surface area contributed by atoms with E-state index >= 15 is 0 Å². The number of Topliss-reactive ketones (excluding diaryl/α,β-unsaturated/α-hetero) is 1. The standard InChI is InChI=1S/C6H7NO2/c1-4-5(2-7)6(8)3-9-4/h4-5H,3H2,1H3. The van der Waals surface area contributed by atoms with Crippen molar-refractivity contribution in [1.29, 1.82) is 5.26 Å². The van der Waals surface area contributed by atoms with Crippen molar-refractivity contribution in [3.8, 4) is 6.07 Å². The molecule has 2 atom stereocenters. The fourth-order valence-corrected chi connectivity index (χ4v) is 0.838. The summed E-state index contributed by atoms with van der Waals surface area (Å²) in [6, 6.07) is 1.89. The molecule has 3 nitrogen and oxygen atoms in total. The van der Waals surface area contributed by atoms with Crippen molar-refractivity contribution in [3.63, 3.8) is 0 Å². The third-order valence-corrected chi connectivity index (χ3v) is 1.44. The average Bonchev–Trinajstić information content (AvgIpc) is 2.12. The lowest BCUT2D eigenvalue weighted by Gasteiger charge is -2.00. The van der Waals surface area contributed by atoms with Crippen molar-refractivity contribution in [2.75, 3.05) is 6.61 Å². The summed E-state index contributed by atoms with van der Waals surface area (Å²) in [7, 11) is 0. The first-order chi connectivity index (χ1) is 4.25. The molecule has 0 spiro atoms. The monoisotopic (exact) mass is 125 g/mol. The number of carbonyl (C=O) groups is 1. The number of ether oxygens (including phenoxy) is 1. The van der Waals surface area contributed by atoms with Gasteiger partial charge in [0.15, 0.2) is 5.78 Å². The van der Waals surface area contributed by atoms with E-state index in [-0.39, 0.29) is 18.5 Å². The smallest absolute Gasteiger partial charge is 0.178 e. The van der Waals surface area contributed by atoms with Gasteiger partial charge in [0.1, 0.15) is 12.5 Å².